The molecule has 5 N–H and O–H groups in total. The van der Waals surface area contributed by atoms with Crippen molar-refractivity contribution in [3.8, 4) is 0 Å². The molecule has 0 saturated heterocycles. The maximum absolute atomic E-state index is 12.0. The summed E-state index contributed by atoms with van der Waals surface area (Å²) in [5.74, 6) is -2.99. The van der Waals surface area contributed by atoms with Gasteiger partial charge in [-0.1, -0.05) is 46.0 Å². The predicted octanol–water partition coefficient (Wildman–Crippen LogP) is 5.39. The average molecular weight is 655 g/mol. The van der Waals surface area contributed by atoms with E-state index in [1.54, 1.807) is 0 Å². The van der Waals surface area contributed by atoms with Crippen LogP contribution in [0.25, 0.3) is 0 Å². The highest BCUT2D eigenvalue weighted by Gasteiger charge is 2.23. The number of carboxylic acids is 2. The van der Waals surface area contributed by atoms with E-state index in [2.05, 4.69) is 0 Å². The Balaban J connectivity index is 0.000000689. The number of carbonyl (C=O) groups is 4. The Morgan fingerprint density at radius 2 is 1.05 bits per heavy atom. The van der Waals surface area contributed by atoms with Crippen LogP contribution in [0.1, 0.15) is 136 Å². The number of hydrogen-bond acceptors (Lipinski definition) is 9. The van der Waals surface area contributed by atoms with Gasteiger partial charge in [0.15, 0.2) is 0 Å². The minimum atomic E-state index is -4.67. The molecule has 0 aromatic heterocycles. The maximum Gasteiger partial charge on any atom is 0.394 e. The standard InChI is InChI=1S/C18H30O4.C6H10O4.C6H12O.H2O4S/c1-14(18(20)22-16-10-6-3-7-11-16)12-13-17(19)21-15-8-4-2-5-9-15;1-4(6(9)10)2-3-5(7)8;7-6-4-2-1-3-5-6;1-5(2,3)4/h14-16H,2-13H2,1H3;4H,2-3H2,1H3,(H,7,8)(H,9,10);6-7H,1-5H2;(H2,1,2,3,4). The molecule has 0 aliphatic heterocycles. The number of aliphatic hydroxyl groups excluding tert-OH is 1. The molecular weight excluding hydrogens is 600 g/mol. The van der Waals surface area contributed by atoms with E-state index in [0.29, 0.717) is 12.8 Å². The lowest BCUT2D eigenvalue weighted by molar-refractivity contribution is -0.156. The van der Waals surface area contributed by atoms with Gasteiger partial charge < -0.3 is 24.8 Å². The van der Waals surface area contributed by atoms with Gasteiger partial charge in [0.1, 0.15) is 12.2 Å². The van der Waals surface area contributed by atoms with E-state index in [9.17, 15) is 19.2 Å². The first-order valence-electron chi connectivity index (χ1n) is 15.8. The van der Waals surface area contributed by atoms with E-state index in [4.69, 9.17) is 42.3 Å². The Labute approximate surface area is 261 Å². The van der Waals surface area contributed by atoms with Gasteiger partial charge in [0, 0.05) is 12.8 Å². The smallest absolute Gasteiger partial charge is 0.394 e. The Kier molecular flexibility index (Phi) is 22.8. The van der Waals surface area contributed by atoms with Crippen molar-refractivity contribution in [1.29, 1.82) is 0 Å². The number of aliphatic hydroxyl groups is 1. The van der Waals surface area contributed by atoms with Crippen molar-refractivity contribution in [3.63, 3.8) is 0 Å². The summed E-state index contributed by atoms with van der Waals surface area (Å²) < 4.78 is 42.6. The van der Waals surface area contributed by atoms with Crippen LogP contribution in [0, 0.1) is 11.8 Å². The van der Waals surface area contributed by atoms with E-state index in [1.807, 2.05) is 6.92 Å². The fourth-order valence-electron chi connectivity index (χ4n) is 4.89. The molecule has 0 heterocycles. The molecule has 0 radical (unpaired) electrons. The van der Waals surface area contributed by atoms with Crippen molar-refractivity contribution in [2.75, 3.05) is 0 Å². The number of ether oxygens (including phenoxy) is 2. The minimum absolute atomic E-state index is 0.0359. The molecule has 2 atom stereocenters. The second-order valence-electron chi connectivity index (χ2n) is 11.8. The summed E-state index contributed by atoms with van der Waals surface area (Å²) >= 11 is 0. The van der Waals surface area contributed by atoms with Gasteiger partial charge in [-0.15, -0.1) is 0 Å². The fraction of sp³-hybridized carbons (Fsp3) is 0.867. The molecule has 14 heteroatoms. The van der Waals surface area contributed by atoms with Gasteiger partial charge in [-0.05, 0) is 77.0 Å². The zero-order valence-electron chi connectivity index (χ0n) is 26.2. The van der Waals surface area contributed by atoms with E-state index in [-0.39, 0.29) is 49.0 Å². The minimum Gasteiger partial charge on any atom is -0.481 e. The Bertz CT molecular complexity index is 911. The maximum atomic E-state index is 12.0. The van der Waals surface area contributed by atoms with Crippen molar-refractivity contribution in [2.45, 2.75) is 154 Å². The first-order valence-corrected chi connectivity index (χ1v) is 17.2. The summed E-state index contributed by atoms with van der Waals surface area (Å²) in [6.07, 6.45) is 18.2. The summed E-state index contributed by atoms with van der Waals surface area (Å²) in [5, 5.41) is 25.4. The van der Waals surface area contributed by atoms with Crippen molar-refractivity contribution < 1.29 is 61.5 Å². The molecule has 0 spiro atoms. The number of hydrogen-bond donors (Lipinski definition) is 5. The molecule has 3 aliphatic carbocycles. The zero-order valence-corrected chi connectivity index (χ0v) is 27.0. The van der Waals surface area contributed by atoms with Crippen LogP contribution in [0.15, 0.2) is 0 Å². The van der Waals surface area contributed by atoms with Gasteiger partial charge in [0.2, 0.25) is 0 Å². The molecular formula is C30H54O13S. The summed E-state index contributed by atoms with van der Waals surface area (Å²) in [7, 11) is -4.67. The molecule has 3 fully saturated rings. The highest BCUT2D eigenvalue weighted by Crippen LogP contribution is 2.23. The molecule has 3 rings (SSSR count). The normalized spacial score (nSPS) is 19.2. The van der Waals surface area contributed by atoms with Gasteiger partial charge in [-0.3, -0.25) is 28.3 Å². The molecule has 0 aromatic rings. The Hall–Kier alpha value is -2.29. The van der Waals surface area contributed by atoms with Crippen molar-refractivity contribution >= 4 is 34.3 Å². The lowest BCUT2D eigenvalue weighted by Crippen LogP contribution is -2.26. The molecule has 44 heavy (non-hydrogen) atoms. The molecule has 0 amide bonds. The van der Waals surface area contributed by atoms with Gasteiger partial charge in [0.05, 0.1) is 17.9 Å². The van der Waals surface area contributed by atoms with Gasteiger partial charge in [-0.25, -0.2) is 0 Å². The first kappa shape index (κ1) is 41.7. The van der Waals surface area contributed by atoms with Gasteiger partial charge in [-0.2, -0.15) is 8.42 Å². The number of carboxylic acid groups (broad SMARTS) is 2. The highest BCUT2D eigenvalue weighted by molar-refractivity contribution is 7.79. The average Bonchev–Trinajstić information content (AvgIpc) is 2.96. The predicted molar refractivity (Wildman–Crippen MR) is 161 cm³/mol. The molecule has 3 aliphatic rings. The van der Waals surface area contributed by atoms with Crippen LogP contribution >= 0.6 is 0 Å². The van der Waals surface area contributed by atoms with Crippen molar-refractivity contribution in [3.05, 3.63) is 0 Å². The van der Waals surface area contributed by atoms with Crippen LogP contribution in [-0.4, -0.2) is 75.0 Å². The molecule has 258 valence electrons. The van der Waals surface area contributed by atoms with E-state index >= 15 is 0 Å². The summed E-state index contributed by atoms with van der Waals surface area (Å²) in [5.41, 5.74) is 0. The summed E-state index contributed by atoms with van der Waals surface area (Å²) in [4.78, 5) is 43.9. The third kappa shape index (κ3) is 26.1. The fourth-order valence-corrected chi connectivity index (χ4v) is 4.89. The van der Waals surface area contributed by atoms with E-state index in [1.165, 1.54) is 39.0 Å². The van der Waals surface area contributed by atoms with Crippen LogP contribution in [0.4, 0.5) is 0 Å². The monoisotopic (exact) mass is 654 g/mol. The second kappa shape index (κ2) is 24.0. The first-order chi connectivity index (χ1) is 20.6. The number of aliphatic carboxylic acids is 2. The van der Waals surface area contributed by atoms with Gasteiger partial charge in [0.25, 0.3) is 0 Å². The van der Waals surface area contributed by atoms with E-state index < -0.39 is 28.3 Å². The Morgan fingerprint density at radius 1 is 0.659 bits per heavy atom. The van der Waals surface area contributed by atoms with Crippen LogP contribution in [-0.2, 0) is 39.1 Å². The quantitative estimate of drug-likeness (QED) is 0.147. The van der Waals surface area contributed by atoms with Gasteiger partial charge >= 0.3 is 34.3 Å². The molecule has 0 bridgehead atoms. The molecule has 0 aromatic carbocycles. The van der Waals surface area contributed by atoms with Crippen LogP contribution < -0.4 is 0 Å². The molecule has 13 nitrogen and oxygen atoms in total. The largest absolute Gasteiger partial charge is 0.481 e. The Morgan fingerprint density at radius 3 is 1.41 bits per heavy atom. The SMILES string of the molecule is CC(CCC(=O)O)C(=O)O.CC(CCC(=O)OC1CCCCC1)C(=O)OC1CCCCC1.O=S(=O)(O)O.OC1CCCCC1. The van der Waals surface area contributed by atoms with Crippen molar-refractivity contribution in [1.82, 2.24) is 0 Å². The topological polar surface area (TPSA) is 222 Å². The summed E-state index contributed by atoms with van der Waals surface area (Å²) in [6, 6.07) is 0. The third-order valence-electron chi connectivity index (χ3n) is 7.66. The van der Waals surface area contributed by atoms with Crippen molar-refractivity contribution in [2.24, 2.45) is 11.8 Å². The van der Waals surface area contributed by atoms with Crippen LogP contribution in [0.3, 0.4) is 0 Å². The van der Waals surface area contributed by atoms with E-state index in [0.717, 1.165) is 64.2 Å². The van der Waals surface area contributed by atoms with Crippen LogP contribution in [0.5, 0.6) is 0 Å². The molecule has 3 saturated carbocycles. The second-order valence-corrected chi connectivity index (χ2v) is 12.7. The zero-order chi connectivity index (χ0) is 33.5. The lowest BCUT2D eigenvalue weighted by Gasteiger charge is -2.24. The highest BCUT2D eigenvalue weighted by atomic mass is 32.3. The lowest BCUT2D eigenvalue weighted by atomic mass is 9.97. The van der Waals surface area contributed by atoms with Crippen LogP contribution in [0.2, 0.25) is 0 Å². The summed E-state index contributed by atoms with van der Waals surface area (Å²) in [6.45, 7) is 3.34. The number of rotatable bonds is 10. The third-order valence-corrected chi connectivity index (χ3v) is 7.66. The number of carbonyl (C=O) groups excluding carboxylic acids is 2. The number of esters is 2. The molecule has 2 unspecified atom stereocenters.